The number of aromatic nitrogens is 4. The lowest BCUT2D eigenvalue weighted by Crippen LogP contribution is -1.96. The van der Waals surface area contributed by atoms with Gasteiger partial charge in [0.15, 0.2) is 0 Å². The van der Waals surface area contributed by atoms with Crippen LogP contribution in [0.2, 0.25) is 0 Å². The van der Waals surface area contributed by atoms with Crippen LogP contribution in [0, 0.1) is 0 Å². The van der Waals surface area contributed by atoms with Crippen molar-refractivity contribution in [2.45, 2.75) is 6.42 Å². The van der Waals surface area contributed by atoms with Gasteiger partial charge in [0.2, 0.25) is 12.3 Å². The molecule has 0 fully saturated rings. The van der Waals surface area contributed by atoms with Gasteiger partial charge in [0.25, 0.3) is 5.19 Å². The largest absolute Gasteiger partial charge is 0.430 e. The van der Waals surface area contributed by atoms with Crippen LogP contribution in [0.25, 0.3) is 11.5 Å². The lowest BCUT2D eigenvalue weighted by molar-refractivity contribution is 0.200. The van der Waals surface area contributed by atoms with Gasteiger partial charge in [-0.05, 0) is 24.3 Å². The zero-order valence-corrected chi connectivity index (χ0v) is 12.0. The molecule has 1 aromatic carbocycles. The Morgan fingerprint density at radius 3 is 2.81 bits per heavy atom. The number of hydrogen-bond acceptors (Lipinski definition) is 8. The molecule has 2 aromatic heterocycles. The maximum Gasteiger partial charge on any atom is 0.298 e. The van der Waals surface area contributed by atoms with Crippen LogP contribution in [-0.4, -0.2) is 33.3 Å². The molecule has 0 spiro atoms. The highest BCUT2D eigenvalue weighted by molar-refractivity contribution is 7.07. The van der Waals surface area contributed by atoms with Crippen molar-refractivity contribution in [1.29, 1.82) is 0 Å². The SMILES string of the molecule is COCCc1nsc(Oc2ccc(-c3nnco3)cc2)n1. The molecule has 3 rings (SSSR count). The fraction of sp³-hybridized carbons (Fsp3) is 0.231. The van der Waals surface area contributed by atoms with Crippen LogP contribution in [0.15, 0.2) is 35.1 Å². The normalized spacial score (nSPS) is 10.7. The molecule has 0 unspecified atom stereocenters. The van der Waals surface area contributed by atoms with E-state index >= 15 is 0 Å². The van der Waals surface area contributed by atoms with E-state index in [1.165, 1.54) is 17.9 Å². The molecular weight excluding hydrogens is 292 g/mol. The van der Waals surface area contributed by atoms with Gasteiger partial charge in [0.1, 0.15) is 11.6 Å². The average molecular weight is 304 g/mol. The van der Waals surface area contributed by atoms with Crippen LogP contribution < -0.4 is 4.74 Å². The minimum atomic E-state index is 0.472. The Morgan fingerprint density at radius 2 is 2.10 bits per heavy atom. The first kappa shape index (κ1) is 13.7. The summed E-state index contributed by atoms with van der Waals surface area (Å²) >= 11 is 1.22. The molecule has 0 aliphatic carbocycles. The van der Waals surface area contributed by atoms with E-state index < -0.39 is 0 Å². The van der Waals surface area contributed by atoms with E-state index in [9.17, 15) is 0 Å². The van der Waals surface area contributed by atoms with Crippen molar-refractivity contribution in [2.24, 2.45) is 0 Å². The topological polar surface area (TPSA) is 83.2 Å². The van der Waals surface area contributed by atoms with Crippen LogP contribution >= 0.6 is 11.5 Å². The highest BCUT2D eigenvalue weighted by Gasteiger charge is 2.07. The van der Waals surface area contributed by atoms with Crippen molar-refractivity contribution in [3.63, 3.8) is 0 Å². The summed E-state index contributed by atoms with van der Waals surface area (Å²) < 4.78 is 20.0. The third-order valence-electron chi connectivity index (χ3n) is 2.65. The second kappa shape index (κ2) is 6.42. The van der Waals surface area contributed by atoms with Gasteiger partial charge < -0.3 is 13.9 Å². The van der Waals surface area contributed by atoms with Crippen molar-refractivity contribution in [3.8, 4) is 22.4 Å². The summed E-state index contributed by atoms with van der Waals surface area (Å²) in [6, 6.07) is 7.32. The number of nitrogens with zero attached hydrogens (tertiary/aromatic N) is 4. The highest BCUT2D eigenvalue weighted by Crippen LogP contribution is 2.25. The van der Waals surface area contributed by atoms with Crippen LogP contribution in [0.5, 0.6) is 10.9 Å². The summed E-state index contributed by atoms with van der Waals surface area (Å²) in [4.78, 5) is 4.28. The monoisotopic (exact) mass is 304 g/mol. The Balaban J connectivity index is 1.66. The Bertz CT molecular complexity index is 682. The number of benzene rings is 1. The van der Waals surface area contributed by atoms with Gasteiger partial charge in [-0.3, -0.25) is 0 Å². The first-order chi connectivity index (χ1) is 10.3. The van der Waals surface area contributed by atoms with Gasteiger partial charge in [-0.2, -0.15) is 9.36 Å². The summed E-state index contributed by atoms with van der Waals surface area (Å²) in [7, 11) is 1.65. The van der Waals surface area contributed by atoms with E-state index in [-0.39, 0.29) is 0 Å². The van der Waals surface area contributed by atoms with Crippen molar-refractivity contribution in [3.05, 3.63) is 36.5 Å². The summed E-state index contributed by atoms with van der Waals surface area (Å²) in [5.41, 5.74) is 0.831. The van der Waals surface area contributed by atoms with Crippen molar-refractivity contribution in [2.75, 3.05) is 13.7 Å². The Kier molecular flexibility index (Phi) is 4.17. The third kappa shape index (κ3) is 3.41. The van der Waals surface area contributed by atoms with Crippen molar-refractivity contribution in [1.82, 2.24) is 19.6 Å². The van der Waals surface area contributed by atoms with Crippen LogP contribution in [0.1, 0.15) is 5.82 Å². The molecule has 0 aliphatic rings. The van der Waals surface area contributed by atoms with Gasteiger partial charge in [-0.25, -0.2) is 0 Å². The number of rotatable bonds is 6. The number of ether oxygens (including phenoxy) is 2. The van der Waals surface area contributed by atoms with E-state index in [1.807, 2.05) is 24.3 Å². The molecule has 108 valence electrons. The maximum atomic E-state index is 5.65. The summed E-state index contributed by atoms with van der Waals surface area (Å²) in [6.07, 6.45) is 1.97. The Hall–Kier alpha value is -2.32. The first-order valence-corrected chi connectivity index (χ1v) is 6.98. The molecule has 2 heterocycles. The zero-order valence-electron chi connectivity index (χ0n) is 11.2. The van der Waals surface area contributed by atoms with E-state index in [0.717, 1.165) is 11.4 Å². The van der Waals surface area contributed by atoms with Crippen LogP contribution in [0.3, 0.4) is 0 Å². The second-order valence-corrected chi connectivity index (χ2v) is 4.80. The van der Waals surface area contributed by atoms with E-state index in [1.54, 1.807) is 7.11 Å². The van der Waals surface area contributed by atoms with E-state index in [4.69, 9.17) is 13.9 Å². The minimum absolute atomic E-state index is 0.472. The fourth-order valence-corrected chi connectivity index (χ4v) is 2.23. The quantitative estimate of drug-likeness (QED) is 0.692. The van der Waals surface area contributed by atoms with Gasteiger partial charge in [-0.15, -0.1) is 10.2 Å². The molecule has 0 atom stereocenters. The smallest absolute Gasteiger partial charge is 0.298 e. The number of hydrogen-bond donors (Lipinski definition) is 0. The molecule has 0 bridgehead atoms. The highest BCUT2D eigenvalue weighted by atomic mass is 32.1. The number of methoxy groups -OCH3 is 1. The molecule has 0 saturated carbocycles. The predicted molar refractivity (Wildman–Crippen MR) is 75.3 cm³/mol. The predicted octanol–water partition coefficient (Wildman–Crippen LogP) is 2.57. The second-order valence-electron chi connectivity index (χ2n) is 4.09. The minimum Gasteiger partial charge on any atom is -0.430 e. The van der Waals surface area contributed by atoms with E-state index in [0.29, 0.717) is 29.9 Å². The molecule has 0 amide bonds. The molecule has 0 N–H and O–H groups in total. The van der Waals surface area contributed by atoms with E-state index in [2.05, 4.69) is 19.6 Å². The van der Waals surface area contributed by atoms with Crippen molar-refractivity contribution >= 4 is 11.5 Å². The van der Waals surface area contributed by atoms with Gasteiger partial charge in [-0.1, -0.05) is 0 Å². The van der Waals surface area contributed by atoms with Crippen molar-refractivity contribution < 1.29 is 13.9 Å². The van der Waals surface area contributed by atoms with Gasteiger partial charge in [0.05, 0.1) is 6.61 Å². The molecule has 8 heteroatoms. The zero-order chi connectivity index (χ0) is 14.5. The Labute approximate surface area is 124 Å². The molecule has 0 radical (unpaired) electrons. The molecule has 21 heavy (non-hydrogen) atoms. The lowest BCUT2D eigenvalue weighted by Gasteiger charge is -2.01. The molecule has 0 saturated heterocycles. The summed E-state index contributed by atoms with van der Waals surface area (Å²) in [5.74, 6) is 1.87. The van der Waals surface area contributed by atoms with Crippen LogP contribution in [0.4, 0.5) is 0 Å². The summed E-state index contributed by atoms with van der Waals surface area (Å²) in [5, 5.41) is 7.99. The Morgan fingerprint density at radius 1 is 1.24 bits per heavy atom. The third-order valence-corrected chi connectivity index (χ3v) is 3.28. The summed E-state index contributed by atoms with van der Waals surface area (Å²) in [6.45, 7) is 0.592. The maximum absolute atomic E-state index is 5.65. The molecule has 3 aromatic rings. The lowest BCUT2D eigenvalue weighted by atomic mass is 10.2. The van der Waals surface area contributed by atoms with Gasteiger partial charge >= 0.3 is 0 Å². The van der Waals surface area contributed by atoms with Gasteiger partial charge in [0, 0.05) is 30.6 Å². The standard InChI is InChI=1S/C13H12N4O3S/c1-18-7-6-11-15-13(21-17-11)20-10-4-2-9(3-5-10)12-16-14-8-19-12/h2-5,8H,6-7H2,1H3. The molecule has 7 nitrogen and oxygen atoms in total. The average Bonchev–Trinajstić information content (AvgIpc) is 3.17. The van der Waals surface area contributed by atoms with Crippen LogP contribution in [-0.2, 0) is 11.2 Å². The molecular formula is C13H12N4O3S. The first-order valence-electron chi connectivity index (χ1n) is 6.21. The fourth-order valence-electron chi connectivity index (χ4n) is 1.64. The molecule has 0 aliphatic heterocycles.